The van der Waals surface area contributed by atoms with E-state index >= 15 is 0 Å². The highest BCUT2D eigenvalue weighted by atomic mass is 32.3. The topological polar surface area (TPSA) is 196 Å². The van der Waals surface area contributed by atoms with Gasteiger partial charge < -0.3 is 4.84 Å². The van der Waals surface area contributed by atoms with E-state index in [0.717, 1.165) is 18.2 Å². The van der Waals surface area contributed by atoms with E-state index in [2.05, 4.69) is 4.84 Å². The summed E-state index contributed by atoms with van der Waals surface area (Å²) in [7, 11) is -4.67. The second kappa shape index (κ2) is 6.55. The first-order valence-electron chi connectivity index (χ1n) is 4.05. The van der Waals surface area contributed by atoms with Gasteiger partial charge in [-0.3, -0.25) is 29.3 Å². The molecule has 0 aromatic heterocycles. The molecule has 106 valence electrons. The van der Waals surface area contributed by atoms with Crippen LogP contribution in [0, 0.1) is 20.2 Å². The van der Waals surface area contributed by atoms with Crippen molar-refractivity contribution in [1.82, 2.24) is 0 Å². The van der Waals surface area contributed by atoms with Gasteiger partial charge in [-0.1, -0.05) is 0 Å². The molecule has 4 N–H and O–H groups in total. The molecule has 19 heavy (non-hydrogen) atoms. The molecule has 0 radical (unpaired) electrons. The number of hydrogen-bond donors (Lipinski definition) is 3. The van der Waals surface area contributed by atoms with E-state index in [1.165, 1.54) is 0 Å². The number of nitro benzene ring substituents is 2. The molecule has 0 unspecified atom stereocenters. The molecule has 1 aromatic rings. The Bertz CT molecular complexity index is 576. The molecule has 0 atom stereocenters. The van der Waals surface area contributed by atoms with Gasteiger partial charge in [-0.25, -0.2) is 0 Å². The van der Waals surface area contributed by atoms with Gasteiger partial charge in [0, 0.05) is 6.07 Å². The van der Waals surface area contributed by atoms with Crippen molar-refractivity contribution in [1.29, 1.82) is 0 Å². The first-order chi connectivity index (χ1) is 8.56. The average molecular weight is 297 g/mol. The van der Waals surface area contributed by atoms with Crippen LogP contribution >= 0.6 is 0 Å². The predicted octanol–water partition coefficient (Wildman–Crippen LogP) is 0.103. The van der Waals surface area contributed by atoms with E-state index in [0.29, 0.717) is 0 Å². The summed E-state index contributed by atoms with van der Waals surface area (Å²) in [5.41, 5.74) is -0.931. The van der Waals surface area contributed by atoms with Crippen LogP contribution in [0.25, 0.3) is 0 Å². The highest BCUT2D eigenvalue weighted by molar-refractivity contribution is 7.79. The molecule has 0 saturated carbocycles. The standard InChI is InChI=1S/C6H5N3O5.H2O4S/c7-14-6-2-1-4(8(10)11)3-5(6)9(12)13;1-5(2,3)4/h1-3H,7H2;(H2,1,2,3,4). The first kappa shape index (κ1) is 16.6. The Morgan fingerprint density at radius 1 is 1.16 bits per heavy atom. The molecule has 0 spiro atoms. The van der Waals surface area contributed by atoms with Gasteiger partial charge in [0.1, 0.15) is 0 Å². The molecule has 13 heteroatoms. The third-order valence-corrected chi connectivity index (χ3v) is 1.48. The Morgan fingerprint density at radius 3 is 1.95 bits per heavy atom. The maximum atomic E-state index is 10.4. The number of nitrogens with zero attached hydrogens (tertiary/aromatic N) is 2. The number of nitro groups is 2. The summed E-state index contributed by atoms with van der Waals surface area (Å²) < 4.78 is 31.6. The van der Waals surface area contributed by atoms with Gasteiger partial charge in [0.25, 0.3) is 5.69 Å². The van der Waals surface area contributed by atoms with Crippen molar-refractivity contribution in [3.63, 3.8) is 0 Å². The lowest BCUT2D eigenvalue weighted by molar-refractivity contribution is -0.394. The molecule has 12 nitrogen and oxygen atoms in total. The van der Waals surface area contributed by atoms with E-state index in [1.807, 2.05) is 0 Å². The van der Waals surface area contributed by atoms with Crippen LogP contribution in [-0.4, -0.2) is 27.4 Å². The Hall–Kier alpha value is -2.35. The summed E-state index contributed by atoms with van der Waals surface area (Å²) >= 11 is 0. The second-order valence-corrected chi connectivity index (χ2v) is 3.63. The largest absolute Gasteiger partial charge is 0.404 e. The number of benzene rings is 1. The van der Waals surface area contributed by atoms with Crippen molar-refractivity contribution < 1.29 is 32.2 Å². The summed E-state index contributed by atoms with van der Waals surface area (Å²) in [5, 5.41) is 20.7. The lowest BCUT2D eigenvalue weighted by Crippen LogP contribution is -2.05. The van der Waals surface area contributed by atoms with Crippen LogP contribution in [0.4, 0.5) is 11.4 Å². The molecule has 0 aliphatic carbocycles. The number of rotatable bonds is 3. The number of hydrogen-bond acceptors (Lipinski definition) is 8. The monoisotopic (exact) mass is 297 g/mol. The predicted molar refractivity (Wildman–Crippen MR) is 58.7 cm³/mol. The molecule has 0 fully saturated rings. The summed E-state index contributed by atoms with van der Waals surface area (Å²) in [6.45, 7) is 0. The van der Waals surface area contributed by atoms with E-state index in [4.69, 9.17) is 23.4 Å². The van der Waals surface area contributed by atoms with Crippen molar-refractivity contribution in [2.24, 2.45) is 5.90 Å². The molecule has 0 aliphatic heterocycles. The van der Waals surface area contributed by atoms with E-state index < -0.39 is 31.6 Å². The van der Waals surface area contributed by atoms with Crippen molar-refractivity contribution in [3.8, 4) is 5.75 Å². The molecule has 0 bridgehead atoms. The van der Waals surface area contributed by atoms with Gasteiger partial charge in [0.05, 0.1) is 15.9 Å². The lowest BCUT2D eigenvalue weighted by Gasteiger charge is -1.99. The Balaban J connectivity index is 0.000000555. The fraction of sp³-hybridized carbons (Fsp3) is 0. The maximum Gasteiger partial charge on any atom is 0.394 e. The quantitative estimate of drug-likeness (QED) is 0.390. The smallest absolute Gasteiger partial charge is 0.394 e. The molecule has 0 amide bonds. The summed E-state index contributed by atoms with van der Waals surface area (Å²) in [6, 6.07) is 2.91. The minimum atomic E-state index is -4.67. The number of non-ortho nitro benzene ring substituents is 1. The fourth-order valence-electron chi connectivity index (χ4n) is 0.862. The van der Waals surface area contributed by atoms with Gasteiger partial charge in [0.2, 0.25) is 5.75 Å². The Labute approximate surface area is 105 Å². The molecular formula is C6H7N3O9S. The first-order valence-corrected chi connectivity index (χ1v) is 5.45. The van der Waals surface area contributed by atoms with Gasteiger partial charge in [-0.05, 0) is 6.07 Å². The second-order valence-electron chi connectivity index (χ2n) is 2.73. The molecular weight excluding hydrogens is 290 g/mol. The third-order valence-electron chi connectivity index (χ3n) is 1.48. The van der Waals surface area contributed by atoms with Gasteiger partial charge in [0.15, 0.2) is 0 Å². The van der Waals surface area contributed by atoms with E-state index in [1.54, 1.807) is 0 Å². The minimum absolute atomic E-state index is 0.222. The maximum absolute atomic E-state index is 10.4. The summed E-state index contributed by atoms with van der Waals surface area (Å²) in [5.74, 6) is 4.52. The molecule has 1 rings (SSSR count). The van der Waals surface area contributed by atoms with Crippen molar-refractivity contribution in [2.75, 3.05) is 0 Å². The highest BCUT2D eigenvalue weighted by Gasteiger charge is 2.20. The lowest BCUT2D eigenvalue weighted by atomic mass is 10.2. The van der Waals surface area contributed by atoms with Crippen molar-refractivity contribution in [2.45, 2.75) is 0 Å². The Kier molecular flexibility index (Phi) is 5.74. The zero-order valence-electron chi connectivity index (χ0n) is 8.86. The molecule has 0 saturated heterocycles. The summed E-state index contributed by atoms with van der Waals surface area (Å²) in [6.07, 6.45) is 0. The SMILES string of the molecule is NOc1ccc([N+](=O)[O-])cc1[N+](=O)[O-].O=S(=O)(O)O. The van der Waals surface area contributed by atoms with Crippen LogP contribution in [0.15, 0.2) is 18.2 Å². The van der Waals surface area contributed by atoms with Crippen LogP contribution in [0.1, 0.15) is 0 Å². The zero-order valence-corrected chi connectivity index (χ0v) is 9.68. The Morgan fingerprint density at radius 2 is 1.63 bits per heavy atom. The third kappa shape index (κ3) is 6.84. The van der Waals surface area contributed by atoms with Crippen LogP contribution in [-0.2, 0) is 10.4 Å². The van der Waals surface area contributed by atoms with Crippen LogP contribution in [0.3, 0.4) is 0 Å². The molecule has 1 aromatic carbocycles. The highest BCUT2D eigenvalue weighted by Crippen LogP contribution is 2.29. The average Bonchev–Trinajstić information content (AvgIpc) is 2.25. The van der Waals surface area contributed by atoms with Crippen LogP contribution in [0.5, 0.6) is 5.75 Å². The molecule has 0 heterocycles. The van der Waals surface area contributed by atoms with Gasteiger partial charge in [-0.2, -0.15) is 14.3 Å². The molecule has 0 aliphatic rings. The number of nitrogens with two attached hydrogens (primary N) is 1. The van der Waals surface area contributed by atoms with Crippen LogP contribution in [0.2, 0.25) is 0 Å². The van der Waals surface area contributed by atoms with Crippen molar-refractivity contribution >= 4 is 21.8 Å². The fourth-order valence-corrected chi connectivity index (χ4v) is 0.862. The van der Waals surface area contributed by atoms with Gasteiger partial charge >= 0.3 is 16.1 Å². The zero-order chi connectivity index (χ0) is 15.2. The van der Waals surface area contributed by atoms with E-state index in [9.17, 15) is 20.2 Å². The normalized spacial score (nSPS) is 10.1. The van der Waals surface area contributed by atoms with Crippen LogP contribution < -0.4 is 10.7 Å². The van der Waals surface area contributed by atoms with E-state index in [-0.39, 0.29) is 5.75 Å². The van der Waals surface area contributed by atoms with Gasteiger partial charge in [-0.15, -0.1) is 0 Å². The summed E-state index contributed by atoms with van der Waals surface area (Å²) in [4.78, 5) is 23.3. The minimum Gasteiger partial charge on any atom is -0.404 e. The van der Waals surface area contributed by atoms with Crippen molar-refractivity contribution in [3.05, 3.63) is 38.4 Å².